The van der Waals surface area contributed by atoms with Crippen LogP contribution >= 0.6 is 22.9 Å². The van der Waals surface area contributed by atoms with Crippen LogP contribution in [-0.4, -0.2) is 13.4 Å². The lowest BCUT2D eigenvalue weighted by Gasteiger charge is -2.03. The van der Waals surface area contributed by atoms with Gasteiger partial charge in [-0.3, -0.25) is 0 Å². The average molecular weight is 350 g/mol. The predicted molar refractivity (Wildman–Crippen MR) is 89.9 cm³/mol. The molecule has 6 heteroatoms. The molecule has 3 aromatic rings. The van der Waals surface area contributed by atoms with Gasteiger partial charge >= 0.3 is 0 Å². The summed E-state index contributed by atoms with van der Waals surface area (Å²) in [6.45, 7) is 0. The van der Waals surface area contributed by atoms with Gasteiger partial charge in [0.25, 0.3) is 0 Å². The summed E-state index contributed by atoms with van der Waals surface area (Å²) in [5.74, 6) is -0.144. The largest absolute Gasteiger partial charge is 0.225 e. The molecule has 0 atom stereocenters. The monoisotopic (exact) mass is 349 g/mol. The molecule has 0 unspecified atom stereocenters. The molecule has 0 bridgehead atoms. The zero-order valence-corrected chi connectivity index (χ0v) is 13.8. The van der Waals surface area contributed by atoms with Crippen LogP contribution in [0, 0.1) is 0 Å². The van der Waals surface area contributed by atoms with Gasteiger partial charge in [0.1, 0.15) is 0 Å². The quantitative estimate of drug-likeness (QED) is 0.699. The van der Waals surface area contributed by atoms with Gasteiger partial charge in [0.15, 0.2) is 0 Å². The van der Waals surface area contributed by atoms with Crippen LogP contribution < -0.4 is 0 Å². The lowest BCUT2D eigenvalue weighted by molar-refractivity contribution is 0.594. The van der Waals surface area contributed by atoms with Crippen molar-refractivity contribution in [2.75, 3.05) is 0 Å². The number of aromatic nitrogens is 1. The first kappa shape index (κ1) is 15.2. The fourth-order valence-electron chi connectivity index (χ4n) is 2.02. The molecule has 0 aliphatic carbocycles. The van der Waals surface area contributed by atoms with E-state index in [0.717, 1.165) is 16.9 Å². The van der Waals surface area contributed by atoms with Crippen molar-refractivity contribution in [2.24, 2.45) is 0 Å². The van der Waals surface area contributed by atoms with E-state index in [4.69, 9.17) is 11.6 Å². The van der Waals surface area contributed by atoms with Crippen molar-refractivity contribution < 1.29 is 8.42 Å². The van der Waals surface area contributed by atoms with E-state index in [9.17, 15) is 8.42 Å². The molecular formula is C16H12ClNO2S2. The number of benzene rings is 2. The highest BCUT2D eigenvalue weighted by Gasteiger charge is 2.21. The first-order valence-electron chi connectivity index (χ1n) is 6.53. The van der Waals surface area contributed by atoms with Gasteiger partial charge in [-0.05, 0) is 11.6 Å². The number of hydrogen-bond donors (Lipinski definition) is 0. The molecule has 3 nitrogen and oxygen atoms in total. The Morgan fingerprint density at radius 3 is 2.41 bits per heavy atom. The zero-order valence-electron chi connectivity index (χ0n) is 11.4. The molecule has 22 heavy (non-hydrogen) atoms. The summed E-state index contributed by atoms with van der Waals surface area (Å²) >= 11 is 7.17. The molecule has 0 saturated heterocycles. The molecule has 0 spiro atoms. The second-order valence-corrected chi connectivity index (χ2v) is 8.14. The molecule has 2 aromatic carbocycles. The van der Waals surface area contributed by atoms with Crippen molar-refractivity contribution in [1.82, 2.24) is 4.98 Å². The summed E-state index contributed by atoms with van der Waals surface area (Å²) in [6.07, 6.45) is 0. The van der Waals surface area contributed by atoms with Crippen LogP contribution in [0.25, 0.3) is 11.3 Å². The summed E-state index contributed by atoms with van der Waals surface area (Å²) in [5, 5.41) is 2.21. The van der Waals surface area contributed by atoms with Gasteiger partial charge in [-0.2, -0.15) is 0 Å². The summed E-state index contributed by atoms with van der Waals surface area (Å²) in [4.78, 5) is 4.27. The predicted octanol–water partition coefficient (Wildman–Crippen LogP) is 4.44. The summed E-state index contributed by atoms with van der Waals surface area (Å²) < 4.78 is 25.1. The van der Waals surface area contributed by atoms with E-state index < -0.39 is 9.84 Å². The van der Waals surface area contributed by atoms with Crippen LogP contribution in [0.3, 0.4) is 0 Å². The molecule has 0 fully saturated rings. The van der Waals surface area contributed by atoms with Crippen molar-refractivity contribution in [1.29, 1.82) is 0 Å². The fraction of sp³-hybridized carbons (Fsp3) is 0.0625. The van der Waals surface area contributed by atoms with E-state index in [1.807, 2.05) is 30.3 Å². The van der Waals surface area contributed by atoms with Crippen molar-refractivity contribution >= 4 is 32.8 Å². The standard InChI is InChI=1S/C16H12ClNO2S2/c17-14-9-5-4-8-13(14)11-22(19,20)16-18-15(10-21-16)12-6-2-1-3-7-12/h1-10H,11H2. The van der Waals surface area contributed by atoms with Gasteiger partial charge in [-0.15, -0.1) is 11.3 Å². The fourth-order valence-corrected chi connectivity index (χ4v) is 4.79. The van der Waals surface area contributed by atoms with E-state index >= 15 is 0 Å². The zero-order chi connectivity index (χ0) is 15.6. The SMILES string of the molecule is O=S(=O)(Cc1ccccc1Cl)c1nc(-c2ccccc2)cs1. The third-order valence-electron chi connectivity index (χ3n) is 3.12. The molecule has 3 rings (SSSR count). The second kappa shape index (κ2) is 6.20. The highest BCUT2D eigenvalue weighted by atomic mass is 35.5. The number of halogens is 1. The first-order valence-corrected chi connectivity index (χ1v) is 9.44. The van der Waals surface area contributed by atoms with Gasteiger partial charge in [0.2, 0.25) is 14.2 Å². The molecule has 0 aliphatic heterocycles. The number of hydrogen-bond acceptors (Lipinski definition) is 4. The van der Waals surface area contributed by atoms with Gasteiger partial charge in [-0.1, -0.05) is 60.1 Å². The Kier molecular flexibility index (Phi) is 4.29. The van der Waals surface area contributed by atoms with Crippen LogP contribution in [0.15, 0.2) is 64.3 Å². The Hall–Kier alpha value is -1.69. The van der Waals surface area contributed by atoms with Crippen molar-refractivity contribution in [2.45, 2.75) is 10.1 Å². The maximum absolute atomic E-state index is 12.5. The van der Waals surface area contributed by atoms with Crippen LogP contribution in [-0.2, 0) is 15.6 Å². The summed E-state index contributed by atoms with van der Waals surface area (Å²) in [7, 11) is -3.50. The van der Waals surface area contributed by atoms with Crippen LogP contribution in [0.1, 0.15) is 5.56 Å². The van der Waals surface area contributed by atoms with Crippen molar-refractivity contribution in [3.05, 3.63) is 70.6 Å². The molecule has 1 aromatic heterocycles. The molecule has 0 amide bonds. The molecule has 112 valence electrons. The summed E-state index contributed by atoms with van der Waals surface area (Å²) in [6, 6.07) is 16.4. The van der Waals surface area contributed by atoms with E-state index in [-0.39, 0.29) is 10.1 Å². The van der Waals surface area contributed by atoms with E-state index in [2.05, 4.69) is 4.98 Å². The van der Waals surface area contributed by atoms with E-state index in [1.54, 1.807) is 29.6 Å². The maximum Gasteiger partial charge on any atom is 0.210 e. The van der Waals surface area contributed by atoms with Crippen LogP contribution in [0.4, 0.5) is 0 Å². The average Bonchev–Trinajstić information content (AvgIpc) is 3.01. The van der Waals surface area contributed by atoms with Gasteiger partial charge < -0.3 is 0 Å². The third-order valence-corrected chi connectivity index (χ3v) is 6.49. The third kappa shape index (κ3) is 3.21. The van der Waals surface area contributed by atoms with E-state index in [1.165, 1.54) is 0 Å². The molecule has 0 radical (unpaired) electrons. The molecule has 0 saturated carbocycles. The Labute approximate surface area is 138 Å². The molecule has 1 heterocycles. The highest BCUT2D eigenvalue weighted by Crippen LogP contribution is 2.27. The topological polar surface area (TPSA) is 47.0 Å². The Balaban J connectivity index is 1.91. The number of thiazole rings is 1. The first-order chi connectivity index (χ1) is 10.6. The summed E-state index contributed by atoms with van der Waals surface area (Å²) in [5.41, 5.74) is 2.15. The minimum atomic E-state index is -3.50. The maximum atomic E-state index is 12.5. The van der Waals surface area contributed by atoms with Gasteiger partial charge in [0.05, 0.1) is 11.4 Å². The number of nitrogens with zero attached hydrogens (tertiary/aromatic N) is 1. The van der Waals surface area contributed by atoms with Crippen LogP contribution in [0.2, 0.25) is 5.02 Å². The number of sulfone groups is 1. The highest BCUT2D eigenvalue weighted by molar-refractivity contribution is 7.92. The van der Waals surface area contributed by atoms with Crippen molar-refractivity contribution in [3.63, 3.8) is 0 Å². The van der Waals surface area contributed by atoms with Crippen LogP contribution in [0.5, 0.6) is 0 Å². The minimum absolute atomic E-state index is 0.117. The lowest BCUT2D eigenvalue weighted by atomic mass is 10.2. The Morgan fingerprint density at radius 2 is 1.68 bits per heavy atom. The normalized spacial score (nSPS) is 11.5. The number of rotatable bonds is 4. The lowest BCUT2D eigenvalue weighted by Crippen LogP contribution is -2.05. The van der Waals surface area contributed by atoms with Crippen molar-refractivity contribution in [3.8, 4) is 11.3 Å². The van der Waals surface area contributed by atoms with E-state index in [0.29, 0.717) is 16.3 Å². The Bertz CT molecular complexity index is 889. The van der Waals surface area contributed by atoms with Gasteiger partial charge in [-0.25, -0.2) is 13.4 Å². The minimum Gasteiger partial charge on any atom is -0.225 e. The molecular weight excluding hydrogens is 338 g/mol. The molecule has 0 aliphatic rings. The Morgan fingerprint density at radius 1 is 1.00 bits per heavy atom. The van der Waals surface area contributed by atoms with Gasteiger partial charge in [0, 0.05) is 16.0 Å². The smallest absolute Gasteiger partial charge is 0.210 e. The second-order valence-electron chi connectivity index (χ2n) is 4.72. The molecule has 0 N–H and O–H groups in total.